The quantitative estimate of drug-likeness (QED) is 0.327. The first kappa shape index (κ1) is 29.9. The van der Waals surface area contributed by atoms with Crippen molar-refractivity contribution in [3.05, 3.63) is 58.8 Å². The van der Waals surface area contributed by atoms with Crippen molar-refractivity contribution in [1.82, 2.24) is 9.47 Å². The van der Waals surface area contributed by atoms with Gasteiger partial charge in [-0.1, -0.05) is 6.07 Å². The Labute approximate surface area is 248 Å². The van der Waals surface area contributed by atoms with E-state index in [0.29, 0.717) is 12.1 Å². The molecule has 9 heteroatoms. The van der Waals surface area contributed by atoms with E-state index in [-0.39, 0.29) is 17.4 Å². The third kappa shape index (κ3) is 5.72. The van der Waals surface area contributed by atoms with Crippen LogP contribution in [0.3, 0.4) is 0 Å². The number of hydrogen-bond donors (Lipinski definition) is 1. The number of fused-ring (bicyclic) bond motifs is 1. The van der Waals surface area contributed by atoms with Crippen molar-refractivity contribution in [2.75, 3.05) is 45.8 Å². The zero-order valence-corrected chi connectivity index (χ0v) is 25.8. The molecule has 226 valence electrons. The van der Waals surface area contributed by atoms with Crippen LogP contribution in [0.2, 0.25) is 0 Å². The van der Waals surface area contributed by atoms with Gasteiger partial charge in [-0.25, -0.2) is 9.59 Å². The number of hydrogen-bond acceptors (Lipinski definition) is 8. The minimum absolute atomic E-state index is 0.0809. The molecule has 0 saturated carbocycles. The highest BCUT2D eigenvalue weighted by atomic mass is 16.6. The number of carbonyl (C=O) groups excluding carboxylic acids is 2. The fourth-order valence-electron chi connectivity index (χ4n) is 6.34. The molecule has 2 saturated heterocycles. The minimum atomic E-state index is -0.604. The molecular formula is C33H43N3O6. The van der Waals surface area contributed by atoms with E-state index in [2.05, 4.69) is 23.2 Å². The predicted octanol–water partition coefficient (Wildman–Crippen LogP) is 6.31. The van der Waals surface area contributed by atoms with Crippen LogP contribution in [0.4, 0.5) is 10.5 Å². The molecule has 1 aromatic heterocycles. The number of anilines is 1. The van der Waals surface area contributed by atoms with E-state index in [1.807, 2.05) is 52.0 Å². The number of piperidine rings is 1. The maximum Gasteiger partial charge on any atom is 0.419 e. The maximum atomic E-state index is 13.1. The number of aromatic nitrogens is 1. The fraction of sp³-hybridized carbons (Fsp3) is 0.515. The van der Waals surface area contributed by atoms with E-state index >= 15 is 0 Å². The standard InChI is InChI=1S/C33H43N3O6/c1-8-34-26-16-22(30(37)40-7)9-10-24(26)27-17-33(19-41-20-33)12-14-35(27)18-25-23-11-13-36(31(38)42-32(3,4)5)29(23)21(2)15-28(25)39-6/h9-11,13,15-16,27,34H,8,12,14,17-20H2,1-7H3. The summed E-state index contributed by atoms with van der Waals surface area (Å²) in [5.74, 6) is 0.437. The maximum absolute atomic E-state index is 13.1. The van der Waals surface area contributed by atoms with Crippen LogP contribution in [0.5, 0.6) is 5.75 Å². The summed E-state index contributed by atoms with van der Waals surface area (Å²) in [5.41, 5.74) is 4.94. The van der Waals surface area contributed by atoms with Crippen molar-refractivity contribution in [3.63, 3.8) is 0 Å². The van der Waals surface area contributed by atoms with Crippen molar-refractivity contribution in [3.8, 4) is 5.75 Å². The highest BCUT2D eigenvalue weighted by Crippen LogP contribution is 2.49. The van der Waals surface area contributed by atoms with E-state index in [0.717, 1.165) is 78.2 Å². The molecule has 42 heavy (non-hydrogen) atoms. The molecule has 0 aliphatic carbocycles. The average Bonchev–Trinajstić information content (AvgIpc) is 3.39. The Balaban J connectivity index is 1.57. The molecule has 2 aromatic carbocycles. The number of rotatable bonds is 7. The van der Waals surface area contributed by atoms with E-state index in [1.165, 1.54) is 7.11 Å². The molecule has 9 nitrogen and oxygen atoms in total. The van der Waals surface area contributed by atoms with Crippen LogP contribution >= 0.6 is 0 Å². The second kappa shape index (κ2) is 11.6. The van der Waals surface area contributed by atoms with Crippen molar-refractivity contribution in [2.45, 2.75) is 65.6 Å². The fourth-order valence-corrected chi connectivity index (χ4v) is 6.34. The van der Waals surface area contributed by atoms with Gasteiger partial charge in [0, 0.05) is 47.4 Å². The Morgan fingerprint density at radius 1 is 1.14 bits per heavy atom. The first-order valence-corrected chi connectivity index (χ1v) is 14.7. The predicted molar refractivity (Wildman–Crippen MR) is 162 cm³/mol. The van der Waals surface area contributed by atoms with Crippen molar-refractivity contribution in [2.24, 2.45) is 5.41 Å². The lowest BCUT2D eigenvalue weighted by Crippen LogP contribution is -2.51. The topological polar surface area (TPSA) is 91.3 Å². The van der Waals surface area contributed by atoms with Crippen LogP contribution in [0.15, 0.2) is 36.5 Å². The highest BCUT2D eigenvalue weighted by molar-refractivity contribution is 5.95. The number of aryl methyl sites for hydroxylation is 1. The van der Waals surface area contributed by atoms with Gasteiger partial charge >= 0.3 is 12.1 Å². The molecular weight excluding hydrogens is 534 g/mol. The second-order valence-corrected chi connectivity index (χ2v) is 12.6. The van der Waals surface area contributed by atoms with Gasteiger partial charge < -0.3 is 24.3 Å². The van der Waals surface area contributed by atoms with Gasteiger partial charge in [0.05, 0.1) is 38.5 Å². The summed E-state index contributed by atoms with van der Waals surface area (Å²) in [7, 11) is 3.09. The number of carbonyl (C=O) groups is 2. The molecule has 2 aliphatic heterocycles. The van der Waals surface area contributed by atoms with Crippen LogP contribution in [0, 0.1) is 12.3 Å². The molecule has 0 amide bonds. The van der Waals surface area contributed by atoms with Crippen molar-refractivity contribution >= 4 is 28.7 Å². The lowest BCUT2D eigenvalue weighted by molar-refractivity contribution is -0.153. The zero-order chi connectivity index (χ0) is 30.2. The summed E-state index contributed by atoms with van der Waals surface area (Å²) < 4.78 is 23.9. The van der Waals surface area contributed by atoms with Crippen molar-refractivity contribution in [1.29, 1.82) is 0 Å². The number of methoxy groups -OCH3 is 2. The van der Waals surface area contributed by atoms with E-state index in [4.69, 9.17) is 18.9 Å². The van der Waals surface area contributed by atoms with Gasteiger partial charge in [-0.2, -0.15) is 0 Å². The molecule has 0 bridgehead atoms. The zero-order valence-electron chi connectivity index (χ0n) is 25.8. The van der Waals surface area contributed by atoms with E-state index in [9.17, 15) is 9.59 Å². The number of benzene rings is 2. The van der Waals surface area contributed by atoms with Gasteiger partial charge in [0.25, 0.3) is 0 Å². The number of esters is 1. The molecule has 3 aromatic rings. The summed E-state index contributed by atoms with van der Waals surface area (Å²) in [6.07, 6.45) is 3.37. The summed E-state index contributed by atoms with van der Waals surface area (Å²) >= 11 is 0. The molecule has 1 spiro atoms. The summed E-state index contributed by atoms with van der Waals surface area (Å²) in [6, 6.07) is 9.88. The molecule has 0 radical (unpaired) electrons. The lowest BCUT2D eigenvalue weighted by atomic mass is 9.72. The smallest absolute Gasteiger partial charge is 0.419 e. The van der Waals surface area contributed by atoms with Crippen LogP contribution in [-0.2, 0) is 20.8 Å². The molecule has 2 aliphatic rings. The number of nitrogens with zero attached hydrogens (tertiary/aromatic N) is 2. The Morgan fingerprint density at radius 2 is 1.90 bits per heavy atom. The first-order valence-electron chi connectivity index (χ1n) is 14.7. The molecule has 1 atom stereocenters. The molecule has 3 heterocycles. The van der Waals surface area contributed by atoms with Crippen LogP contribution < -0.4 is 10.1 Å². The average molecular weight is 578 g/mol. The van der Waals surface area contributed by atoms with Gasteiger partial charge in [-0.15, -0.1) is 0 Å². The first-order chi connectivity index (χ1) is 20.0. The molecule has 5 rings (SSSR count). The summed E-state index contributed by atoms with van der Waals surface area (Å²) in [6.45, 7) is 13.4. The van der Waals surface area contributed by atoms with Gasteiger partial charge in [-0.05, 0) is 89.4 Å². The number of likely N-dealkylation sites (tertiary alicyclic amines) is 1. The lowest BCUT2D eigenvalue weighted by Gasteiger charge is -2.51. The summed E-state index contributed by atoms with van der Waals surface area (Å²) in [4.78, 5) is 28.0. The third-order valence-electron chi connectivity index (χ3n) is 8.41. The number of ether oxygens (including phenoxy) is 4. The molecule has 2 fully saturated rings. The van der Waals surface area contributed by atoms with E-state index in [1.54, 1.807) is 17.9 Å². The van der Waals surface area contributed by atoms with Gasteiger partial charge in [0.15, 0.2) is 0 Å². The van der Waals surface area contributed by atoms with E-state index < -0.39 is 11.7 Å². The van der Waals surface area contributed by atoms with Crippen LogP contribution in [-0.4, -0.2) is 67.7 Å². The van der Waals surface area contributed by atoms with Gasteiger partial charge in [0.1, 0.15) is 11.4 Å². The second-order valence-electron chi connectivity index (χ2n) is 12.6. The van der Waals surface area contributed by atoms with Gasteiger partial charge in [-0.3, -0.25) is 9.47 Å². The third-order valence-corrected chi connectivity index (χ3v) is 8.41. The van der Waals surface area contributed by atoms with Crippen molar-refractivity contribution < 1.29 is 28.5 Å². The minimum Gasteiger partial charge on any atom is -0.496 e. The molecule has 1 unspecified atom stereocenters. The Bertz CT molecular complexity index is 1480. The van der Waals surface area contributed by atoms with Gasteiger partial charge in [0.2, 0.25) is 0 Å². The van der Waals surface area contributed by atoms with Crippen LogP contribution in [0.1, 0.15) is 73.6 Å². The Kier molecular flexibility index (Phi) is 8.27. The monoisotopic (exact) mass is 577 g/mol. The SMILES string of the molecule is CCNc1cc(C(=O)OC)ccc1C1CC2(CCN1Cc1c(OC)cc(C)c3c1ccn3C(=O)OC(C)(C)C)COC2. The summed E-state index contributed by atoms with van der Waals surface area (Å²) in [5, 5.41) is 4.46. The normalized spacial score (nSPS) is 18.5. The Morgan fingerprint density at radius 3 is 2.52 bits per heavy atom. The largest absolute Gasteiger partial charge is 0.496 e. The highest BCUT2D eigenvalue weighted by Gasteiger charge is 2.46. The Hall–Kier alpha value is -3.56. The number of nitrogens with one attached hydrogen (secondary N) is 1. The molecule has 1 N–H and O–H groups in total. The van der Waals surface area contributed by atoms with Crippen LogP contribution in [0.25, 0.3) is 10.9 Å².